The molecule has 0 aromatic rings. The Balaban J connectivity index is 1.99. The predicted octanol–water partition coefficient (Wildman–Crippen LogP) is 3.21. The van der Waals surface area contributed by atoms with E-state index >= 15 is 0 Å². The summed E-state index contributed by atoms with van der Waals surface area (Å²) in [6, 6.07) is 0.163. The molecule has 0 bridgehead atoms. The SMILES string of the molecule is CC(C)[C@H]1COCCN1C(=O)[C@H]1CC[C@H](N(C(=O)O)C(C)(C)C)CC1. The third kappa shape index (κ3) is 4.66. The Morgan fingerprint density at radius 1 is 1.16 bits per heavy atom. The van der Waals surface area contributed by atoms with Crippen LogP contribution >= 0.6 is 0 Å². The topological polar surface area (TPSA) is 70.1 Å². The number of hydrogen-bond donors (Lipinski definition) is 1. The molecule has 1 aliphatic carbocycles. The van der Waals surface area contributed by atoms with Gasteiger partial charge in [-0.15, -0.1) is 0 Å². The first-order valence-electron chi connectivity index (χ1n) is 9.53. The van der Waals surface area contributed by atoms with E-state index < -0.39 is 11.6 Å². The highest BCUT2D eigenvalue weighted by atomic mass is 16.5. The van der Waals surface area contributed by atoms with Crippen LogP contribution in [0.1, 0.15) is 60.3 Å². The normalized spacial score (nSPS) is 28.1. The number of nitrogens with zero attached hydrogens (tertiary/aromatic N) is 2. The van der Waals surface area contributed by atoms with Gasteiger partial charge in [-0.25, -0.2) is 4.79 Å². The summed E-state index contributed by atoms with van der Waals surface area (Å²) < 4.78 is 5.56. The van der Waals surface area contributed by atoms with Gasteiger partial charge in [-0.05, 0) is 52.4 Å². The molecule has 6 nitrogen and oxygen atoms in total. The van der Waals surface area contributed by atoms with Gasteiger partial charge in [0.25, 0.3) is 0 Å². The second-order valence-electron chi connectivity index (χ2n) is 8.75. The van der Waals surface area contributed by atoms with E-state index in [-0.39, 0.29) is 23.9 Å². The summed E-state index contributed by atoms with van der Waals surface area (Å²) >= 11 is 0. The number of rotatable bonds is 3. The maximum absolute atomic E-state index is 13.0. The van der Waals surface area contributed by atoms with Crippen LogP contribution in [0.15, 0.2) is 0 Å². The van der Waals surface area contributed by atoms with E-state index in [0.717, 1.165) is 25.7 Å². The molecule has 1 aliphatic heterocycles. The van der Waals surface area contributed by atoms with Crippen LogP contribution < -0.4 is 0 Å². The Hall–Kier alpha value is -1.30. The monoisotopic (exact) mass is 354 g/mol. The zero-order chi connectivity index (χ0) is 18.8. The number of ether oxygens (including phenoxy) is 1. The van der Waals surface area contributed by atoms with Gasteiger partial charge in [0.15, 0.2) is 0 Å². The van der Waals surface area contributed by atoms with E-state index in [0.29, 0.717) is 25.7 Å². The summed E-state index contributed by atoms with van der Waals surface area (Å²) in [6.45, 7) is 12.0. The minimum Gasteiger partial charge on any atom is -0.465 e. The van der Waals surface area contributed by atoms with Crippen molar-refractivity contribution in [3.63, 3.8) is 0 Å². The molecule has 0 aromatic heterocycles. The van der Waals surface area contributed by atoms with E-state index in [1.807, 2.05) is 25.7 Å². The van der Waals surface area contributed by atoms with Crippen molar-refractivity contribution in [2.45, 2.75) is 77.9 Å². The molecule has 2 aliphatic rings. The molecule has 6 heteroatoms. The number of carboxylic acid groups (broad SMARTS) is 1. The fraction of sp³-hybridized carbons (Fsp3) is 0.895. The number of hydrogen-bond acceptors (Lipinski definition) is 3. The van der Waals surface area contributed by atoms with Crippen molar-refractivity contribution in [3.05, 3.63) is 0 Å². The van der Waals surface area contributed by atoms with E-state index in [9.17, 15) is 14.7 Å². The lowest BCUT2D eigenvalue weighted by atomic mass is 9.82. The van der Waals surface area contributed by atoms with Crippen LogP contribution in [0.25, 0.3) is 0 Å². The molecule has 0 aromatic carbocycles. The van der Waals surface area contributed by atoms with Crippen LogP contribution in [0.3, 0.4) is 0 Å². The standard InChI is InChI=1S/C19H34N2O4/c1-13(2)16-12-25-11-10-20(16)17(22)14-6-8-15(9-7-14)21(18(23)24)19(3,4)5/h13-16H,6-12H2,1-5H3,(H,23,24)/t14-,15-,16-/m1/s1. The summed E-state index contributed by atoms with van der Waals surface area (Å²) in [7, 11) is 0. The number of morpholine rings is 1. The predicted molar refractivity (Wildman–Crippen MR) is 96.5 cm³/mol. The van der Waals surface area contributed by atoms with Crippen LogP contribution in [0.5, 0.6) is 0 Å². The van der Waals surface area contributed by atoms with E-state index in [4.69, 9.17) is 4.74 Å². The van der Waals surface area contributed by atoms with Crippen molar-refractivity contribution in [3.8, 4) is 0 Å². The quantitative estimate of drug-likeness (QED) is 0.845. The van der Waals surface area contributed by atoms with E-state index in [1.165, 1.54) is 0 Å². The maximum Gasteiger partial charge on any atom is 0.407 e. The van der Waals surface area contributed by atoms with Crippen LogP contribution in [0.2, 0.25) is 0 Å². The second kappa shape index (κ2) is 7.94. The van der Waals surface area contributed by atoms with Crippen LogP contribution in [0, 0.1) is 11.8 Å². The van der Waals surface area contributed by atoms with Crippen molar-refractivity contribution in [1.29, 1.82) is 0 Å². The molecule has 25 heavy (non-hydrogen) atoms. The van der Waals surface area contributed by atoms with Crippen molar-refractivity contribution in [2.24, 2.45) is 11.8 Å². The highest BCUT2D eigenvalue weighted by Gasteiger charge is 2.39. The Labute approximate surface area is 151 Å². The van der Waals surface area contributed by atoms with Gasteiger partial charge in [0.05, 0.1) is 19.3 Å². The van der Waals surface area contributed by atoms with Gasteiger partial charge >= 0.3 is 6.09 Å². The molecule has 2 fully saturated rings. The zero-order valence-corrected chi connectivity index (χ0v) is 16.3. The minimum atomic E-state index is -0.865. The molecule has 2 amide bonds. The maximum atomic E-state index is 13.0. The van der Waals surface area contributed by atoms with Gasteiger partial charge in [0.1, 0.15) is 0 Å². The second-order valence-corrected chi connectivity index (χ2v) is 8.75. The first kappa shape index (κ1) is 20.0. The minimum absolute atomic E-state index is 0.00661. The van der Waals surface area contributed by atoms with Crippen LogP contribution in [-0.4, -0.2) is 64.3 Å². The van der Waals surface area contributed by atoms with Gasteiger partial charge in [-0.2, -0.15) is 0 Å². The van der Waals surface area contributed by atoms with Crippen molar-refractivity contribution in [2.75, 3.05) is 19.8 Å². The fourth-order valence-electron chi connectivity index (χ4n) is 4.26. The number of amides is 2. The van der Waals surface area contributed by atoms with Crippen molar-refractivity contribution < 1.29 is 19.4 Å². The van der Waals surface area contributed by atoms with Gasteiger partial charge in [0, 0.05) is 24.0 Å². The smallest absolute Gasteiger partial charge is 0.407 e. The average Bonchev–Trinajstić information content (AvgIpc) is 2.53. The summed E-state index contributed by atoms with van der Waals surface area (Å²) in [4.78, 5) is 28.3. The molecular formula is C19H34N2O4. The molecule has 1 atom stereocenters. The van der Waals surface area contributed by atoms with Gasteiger partial charge < -0.3 is 19.6 Å². The van der Waals surface area contributed by atoms with Crippen LogP contribution in [-0.2, 0) is 9.53 Å². The zero-order valence-electron chi connectivity index (χ0n) is 16.3. The molecule has 0 spiro atoms. The lowest BCUT2D eigenvalue weighted by molar-refractivity contribution is -0.147. The lowest BCUT2D eigenvalue weighted by Crippen LogP contribution is -2.55. The van der Waals surface area contributed by atoms with E-state index in [1.54, 1.807) is 4.90 Å². The number of carbonyl (C=O) groups excluding carboxylic acids is 1. The molecule has 144 valence electrons. The van der Waals surface area contributed by atoms with Crippen LogP contribution in [0.4, 0.5) is 4.79 Å². The summed E-state index contributed by atoms with van der Waals surface area (Å²) in [6.07, 6.45) is 2.19. The molecule has 0 radical (unpaired) electrons. The Morgan fingerprint density at radius 3 is 2.24 bits per heavy atom. The molecular weight excluding hydrogens is 320 g/mol. The largest absolute Gasteiger partial charge is 0.465 e. The summed E-state index contributed by atoms with van der Waals surface area (Å²) in [5.41, 5.74) is -0.416. The van der Waals surface area contributed by atoms with Crippen molar-refractivity contribution in [1.82, 2.24) is 9.80 Å². The Morgan fingerprint density at radius 2 is 1.76 bits per heavy atom. The third-order valence-corrected chi connectivity index (χ3v) is 5.56. The lowest BCUT2D eigenvalue weighted by Gasteiger charge is -2.44. The molecule has 2 rings (SSSR count). The first-order chi connectivity index (χ1) is 11.6. The first-order valence-corrected chi connectivity index (χ1v) is 9.53. The fourth-order valence-corrected chi connectivity index (χ4v) is 4.26. The molecule has 1 saturated carbocycles. The van der Waals surface area contributed by atoms with Gasteiger partial charge in [-0.1, -0.05) is 13.8 Å². The highest BCUT2D eigenvalue weighted by Crippen LogP contribution is 2.33. The molecule has 0 unspecified atom stereocenters. The molecule has 1 saturated heterocycles. The summed E-state index contributed by atoms with van der Waals surface area (Å²) in [5, 5.41) is 9.57. The van der Waals surface area contributed by atoms with Gasteiger partial charge in [0.2, 0.25) is 5.91 Å². The summed E-state index contributed by atoms with van der Waals surface area (Å²) in [5.74, 6) is 0.633. The average molecular weight is 354 g/mol. The van der Waals surface area contributed by atoms with E-state index in [2.05, 4.69) is 13.8 Å². The molecule has 1 heterocycles. The highest BCUT2D eigenvalue weighted by molar-refractivity contribution is 5.79. The Bertz CT molecular complexity index is 478. The van der Waals surface area contributed by atoms with Crippen molar-refractivity contribution >= 4 is 12.0 Å². The number of carbonyl (C=O) groups is 2. The Kier molecular flexibility index (Phi) is 6.35. The van der Waals surface area contributed by atoms with Gasteiger partial charge in [-0.3, -0.25) is 4.79 Å². The third-order valence-electron chi connectivity index (χ3n) is 5.56. The molecule has 1 N–H and O–H groups in total.